The van der Waals surface area contributed by atoms with Crippen LogP contribution in [-0.2, 0) is 0 Å². The summed E-state index contributed by atoms with van der Waals surface area (Å²) in [7, 11) is 0. The van der Waals surface area contributed by atoms with E-state index in [0.717, 1.165) is 23.5 Å². The normalized spacial score (nSPS) is 10.3. The maximum atomic E-state index is 11.9. The van der Waals surface area contributed by atoms with Gasteiger partial charge in [-0.15, -0.1) is 5.10 Å². The van der Waals surface area contributed by atoms with E-state index in [0.29, 0.717) is 17.1 Å². The van der Waals surface area contributed by atoms with Crippen LogP contribution >= 0.6 is 11.5 Å². The van der Waals surface area contributed by atoms with Gasteiger partial charge in [0.05, 0.1) is 0 Å². The van der Waals surface area contributed by atoms with E-state index in [1.807, 2.05) is 38.1 Å². The Kier molecular flexibility index (Phi) is 4.04. The van der Waals surface area contributed by atoms with Gasteiger partial charge in [-0.05, 0) is 24.9 Å². The predicted molar refractivity (Wildman–Crippen MR) is 72.7 cm³/mol. The minimum absolute atomic E-state index is 0.0950. The average molecular weight is 261 g/mol. The van der Waals surface area contributed by atoms with Crippen LogP contribution in [0.25, 0.3) is 11.3 Å². The van der Waals surface area contributed by atoms with Crippen LogP contribution in [-0.4, -0.2) is 22.0 Å². The van der Waals surface area contributed by atoms with Crippen molar-refractivity contribution in [1.29, 1.82) is 0 Å². The minimum atomic E-state index is -0.0950. The van der Waals surface area contributed by atoms with E-state index in [2.05, 4.69) is 14.9 Å². The Morgan fingerprint density at radius 3 is 2.72 bits per heavy atom. The molecule has 0 aliphatic rings. The first-order valence-electron chi connectivity index (χ1n) is 5.90. The lowest BCUT2D eigenvalue weighted by molar-refractivity contribution is 0.0958. The van der Waals surface area contributed by atoms with Crippen LogP contribution in [0, 0.1) is 6.92 Å². The van der Waals surface area contributed by atoms with E-state index in [1.54, 1.807) is 0 Å². The molecule has 1 amide bonds. The minimum Gasteiger partial charge on any atom is -0.351 e. The zero-order chi connectivity index (χ0) is 13.0. The van der Waals surface area contributed by atoms with Gasteiger partial charge in [0.1, 0.15) is 10.6 Å². The number of nitrogens with zero attached hydrogens (tertiary/aromatic N) is 2. The second-order valence-electron chi connectivity index (χ2n) is 4.07. The summed E-state index contributed by atoms with van der Waals surface area (Å²) in [4.78, 5) is 12.5. The van der Waals surface area contributed by atoms with Crippen molar-refractivity contribution >= 4 is 17.4 Å². The molecule has 0 saturated carbocycles. The van der Waals surface area contributed by atoms with Crippen molar-refractivity contribution in [3.63, 3.8) is 0 Å². The largest absolute Gasteiger partial charge is 0.351 e. The zero-order valence-electron chi connectivity index (χ0n) is 10.4. The number of hydrogen-bond acceptors (Lipinski definition) is 4. The number of aromatic nitrogens is 2. The number of carbonyl (C=O) groups excluding carboxylic acids is 1. The third-order valence-corrected chi connectivity index (χ3v) is 3.28. The Balaban J connectivity index is 2.27. The molecule has 0 aliphatic heterocycles. The Hall–Kier alpha value is -1.75. The van der Waals surface area contributed by atoms with Crippen LogP contribution in [0.4, 0.5) is 0 Å². The maximum absolute atomic E-state index is 11.9. The van der Waals surface area contributed by atoms with Crippen LogP contribution < -0.4 is 5.32 Å². The highest BCUT2D eigenvalue weighted by molar-refractivity contribution is 7.08. The second-order valence-corrected chi connectivity index (χ2v) is 4.83. The highest BCUT2D eigenvalue weighted by Crippen LogP contribution is 2.23. The van der Waals surface area contributed by atoms with Crippen LogP contribution in [0.2, 0.25) is 0 Å². The molecule has 1 aromatic carbocycles. The van der Waals surface area contributed by atoms with Gasteiger partial charge in [0.25, 0.3) is 5.91 Å². The molecule has 0 fully saturated rings. The van der Waals surface area contributed by atoms with Crippen LogP contribution in [0.1, 0.15) is 28.6 Å². The SMILES string of the molecule is CCCNC(=O)c1snnc1-c1ccc(C)cc1. The summed E-state index contributed by atoms with van der Waals surface area (Å²) in [6.45, 7) is 4.72. The van der Waals surface area contributed by atoms with Gasteiger partial charge >= 0.3 is 0 Å². The first kappa shape index (κ1) is 12.7. The fraction of sp³-hybridized carbons (Fsp3) is 0.308. The molecular weight excluding hydrogens is 246 g/mol. The van der Waals surface area contributed by atoms with Crippen molar-refractivity contribution in [2.24, 2.45) is 0 Å². The highest BCUT2D eigenvalue weighted by Gasteiger charge is 2.16. The van der Waals surface area contributed by atoms with Crippen LogP contribution in [0.15, 0.2) is 24.3 Å². The van der Waals surface area contributed by atoms with E-state index in [1.165, 1.54) is 5.56 Å². The van der Waals surface area contributed by atoms with Gasteiger partial charge in [-0.3, -0.25) is 4.79 Å². The van der Waals surface area contributed by atoms with Crippen LogP contribution in [0.3, 0.4) is 0 Å². The second kappa shape index (κ2) is 5.73. The first-order valence-corrected chi connectivity index (χ1v) is 6.67. The summed E-state index contributed by atoms with van der Waals surface area (Å²) in [5, 5.41) is 6.90. The van der Waals surface area contributed by atoms with Gasteiger partial charge in [0.2, 0.25) is 0 Å². The third kappa shape index (κ3) is 2.73. The van der Waals surface area contributed by atoms with Crippen molar-refractivity contribution in [3.05, 3.63) is 34.7 Å². The van der Waals surface area contributed by atoms with E-state index in [-0.39, 0.29) is 5.91 Å². The molecule has 2 aromatic rings. The van der Waals surface area contributed by atoms with Gasteiger partial charge in [-0.25, -0.2) is 0 Å². The van der Waals surface area contributed by atoms with Gasteiger partial charge in [-0.2, -0.15) is 0 Å². The Bertz CT molecular complexity index is 533. The lowest BCUT2D eigenvalue weighted by Gasteiger charge is -2.03. The van der Waals surface area contributed by atoms with Gasteiger partial charge < -0.3 is 5.32 Å². The molecule has 94 valence electrons. The average Bonchev–Trinajstić information content (AvgIpc) is 2.86. The van der Waals surface area contributed by atoms with Crippen molar-refractivity contribution in [2.75, 3.05) is 6.54 Å². The summed E-state index contributed by atoms with van der Waals surface area (Å²) in [6.07, 6.45) is 0.915. The van der Waals surface area contributed by atoms with Crippen molar-refractivity contribution < 1.29 is 4.79 Å². The molecule has 1 heterocycles. The monoisotopic (exact) mass is 261 g/mol. The molecule has 18 heavy (non-hydrogen) atoms. The molecule has 0 bridgehead atoms. The molecule has 0 aliphatic carbocycles. The molecule has 5 heteroatoms. The number of hydrogen-bond donors (Lipinski definition) is 1. The zero-order valence-corrected chi connectivity index (χ0v) is 11.3. The summed E-state index contributed by atoms with van der Waals surface area (Å²) >= 11 is 1.13. The predicted octanol–water partition coefficient (Wildman–Crippen LogP) is 2.65. The van der Waals surface area contributed by atoms with E-state index in [9.17, 15) is 4.79 Å². The molecule has 4 nitrogen and oxygen atoms in total. The number of carbonyl (C=O) groups is 1. The molecule has 0 radical (unpaired) electrons. The summed E-state index contributed by atoms with van der Waals surface area (Å²) < 4.78 is 3.88. The standard InChI is InChI=1S/C13H15N3OS/c1-3-8-14-13(17)12-11(15-16-18-12)10-6-4-9(2)5-7-10/h4-7H,3,8H2,1-2H3,(H,14,17). The molecule has 0 spiro atoms. The third-order valence-electron chi connectivity index (χ3n) is 2.55. The number of amides is 1. The summed E-state index contributed by atoms with van der Waals surface area (Å²) in [6, 6.07) is 7.93. The highest BCUT2D eigenvalue weighted by atomic mass is 32.1. The van der Waals surface area contributed by atoms with Gasteiger partial charge in [-0.1, -0.05) is 41.2 Å². The Morgan fingerprint density at radius 1 is 1.33 bits per heavy atom. The maximum Gasteiger partial charge on any atom is 0.265 e. The summed E-state index contributed by atoms with van der Waals surface area (Å²) in [5.41, 5.74) is 2.77. The Labute approximate surface area is 110 Å². The van der Waals surface area contributed by atoms with Crippen LogP contribution in [0.5, 0.6) is 0 Å². The molecule has 0 unspecified atom stereocenters. The van der Waals surface area contributed by atoms with Gasteiger partial charge in [0, 0.05) is 12.1 Å². The van der Waals surface area contributed by atoms with Gasteiger partial charge in [0.15, 0.2) is 0 Å². The number of nitrogens with one attached hydrogen (secondary N) is 1. The molecule has 0 atom stereocenters. The topological polar surface area (TPSA) is 54.9 Å². The van der Waals surface area contributed by atoms with E-state index >= 15 is 0 Å². The fourth-order valence-corrected chi connectivity index (χ4v) is 2.16. The van der Waals surface area contributed by atoms with E-state index in [4.69, 9.17) is 0 Å². The first-order chi connectivity index (χ1) is 8.72. The molecule has 1 N–H and O–H groups in total. The quantitative estimate of drug-likeness (QED) is 0.920. The smallest absolute Gasteiger partial charge is 0.265 e. The lowest BCUT2D eigenvalue weighted by Crippen LogP contribution is -2.23. The van der Waals surface area contributed by atoms with Crippen molar-refractivity contribution in [3.8, 4) is 11.3 Å². The summed E-state index contributed by atoms with van der Waals surface area (Å²) in [5.74, 6) is -0.0950. The Morgan fingerprint density at radius 2 is 2.06 bits per heavy atom. The molecule has 2 rings (SSSR count). The molecule has 1 aromatic heterocycles. The molecular formula is C13H15N3OS. The fourth-order valence-electron chi connectivity index (χ4n) is 1.56. The lowest BCUT2D eigenvalue weighted by atomic mass is 10.1. The van der Waals surface area contributed by atoms with E-state index < -0.39 is 0 Å². The van der Waals surface area contributed by atoms with Crippen molar-refractivity contribution in [2.45, 2.75) is 20.3 Å². The number of rotatable bonds is 4. The molecule has 0 saturated heterocycles. The number of benzene rings is 1. The number of aryl methyl sites for hydroxylation is 1. The van der Waals surface area contributed by atoms with Crippen molar-refractivity contribution in [1.82, 2.24) is 14.9 Å².